The Morgan fingerprint density at radius 2 is 1.23 bits per heavy atom. The second-order valence-electron chi connectivity index (χ2n) is 6.23. The van der Waals surface area contributed by atoms with Crippen LogP contribution in [0.5, 0.6) is 0 Å². The predicted octanol–water partition coefficient (Wildman–Crippen LogP) is 4.92. The summed E-state index contributed by atoms with van der Waals surface area (Å²) in [6, 6.07) is 4.93. The van der Waals surface area contributed by atoms with Gasteiger partial charge in [0.25, 0.3) is 20.2 Å². The van der Waals surface area contributed by atoms with E-state index in [0.717, 1.165) is 41.7 Å². The minimum absolute atomic E-state index is 0.0903. The van der Waals surface area contributed by atoms with Crippen LogP contribution in [0.1, 0.15) is 41.5 Å². The normalized spacial score (nSPS) is 12.9. The Kier molecular flexibility index (Phi) is 12.4. The van der Waals surface area contributed by atoms with Gasteiger partial charge in [0.2, 0.25) is 8.32 Å². The van der Waals surface area contributed by atoms with Crippen LogP contribution in [0.15, 0.2) is 23.1 Å². The lowest BCUT2D eigenvalue weighted by Gasteiger charge is -2.27. The molecule has 0 aromatic rings. The Morgan fingerprint density at radius 3 is 1.38 bits per heavy atom. The van der Waals surface area contributed by atoms with Crippen LogP contribution in [-0.2, 0) is 24.1 Å². The van der Waals surface area contributed by atoms with Crippen LogP contribution in [0.2, 0.25) is 36.3 Å². The molecule has 0 spiro atoms. The predicted molar refractivity (Wildman–Crippen MR) is 115 cm³/mol. The Bertz CT molecular complexity index is 620. The molecule has 0 aromatic carbocycles. The average molecular weight is 445 g/mol. The zero-order chi connectivity index (χ0) is 21.2. The highest BCUT2D eigenvalue weighted by atomic mass is 32.2. The highest BCUT2D eigenvalue weighted by Crippen LogP contribution is 2.30. The van der Waals surface area contributed by atoms with Crippen molar-refractivity contribution in [2.75, 3.05) is 0 Å². The highest BCUT2D eigenvalue weighted by molar-refractivity contribution is 7.92. The molecule has 0 aliphatic heterocycles. The summed E-state index contributed by atoms with van der Waals surface area (Å²) in [5.41, 5.74) is 0. The summed E-state index contributed by atoms with van der Waals surface area (Å²) in [5.74, 6) is 0. The van der Waals surface area contributed by atoms with Crippen molar-refractivity contribution in [1.82, 2.24) is 0 Å². The third-order valence-electron chi connectivity index (χ3n) is 5.36. The minimum atomic E-state index is -4.03. The first kappa shape index (κ1) is 27.9. The smallest absolute Gasteiger partial charge is 0.286 e. The molecule has 26 heavy (non-hydrogen) atoms. The Balaban J connectivity index is 0. The standard InChI is InChI=1S/2C8H18O3SSi/c1-5-13(6-2,7-3)8(4)12(9,10)11;1-5-12(9,10)11-13(6-2,7-3)8-4/h4-7H2,1-3H3,(H,9,10,11);5H,1,6-8H2,2-4H3. The van der Waals surface area contributed by atoms with Gasteiger partial charge in [0.05, 0.1) is 0 Å². The molecule has 0 amide bonds. The summed E-state index contributed by atoms with van der Waals surface area (Å²) >= 11 is 0. The lowest BCUT2D eigenvalue weighted by molar-refractivity contribution is 0.484. The van der Waals surface area contributed by atoms with E-state index in [1.165, 1.54) is 0 Å². The van der Waals surface area contributed by atoms with Crippen molar-refractivity contribution in [3.8, 4) is 0 Å². The maximum absolute atomic E-state index is 11.2. The molecule has 0 atom stereocenters. The minimum Gasteiger partial charge on any atom is -0.312 e. The van der Waals surface area contributed by atoms with Gasteiger partial charge in [-0.25, -0.2) is 0 Å². The van der Waals surface area contributed by atoms with E-state index in [0.29, 0.717) is 0 Å². The molecule has 10 heteroatoms. The van der Waals surface area contributed by atoms with E-state index in [1.54, 1.807) is 0 Å². The fourth-order valence-corrected chi connectivity index (χ4v) is 14.2. The molecule has 0 heterocycles. The van der Waals surface area contributed by atoms with Gasteiger partial charge in [0.1, 0.15) is 8.07 Å². The molecular formula is C16H36O6S2Si2. The third-order valence-corrected chi connectivity index (χ3v) is 19.9. The van der Waals surface area contributed by atoms with Crippen molar-refractivity contribution in [2.24, 2.45) is 0 Å². The molecule has 1 N–H and O–H groups in total. The lowest BCUT2D eigenvalue weighted by Crippen LogP contribution is -2.37. The van der Waals surface area contributed by atoms with E-state index in [2.05, 4.69) is 13.2 Å². The zero-order valence-electron chi connectivity index (χ0n) is 17.0. The molecule has 156 valence electrons. The lowest BCUT2D eigenvalue weighted by atomic mass is 10.9. The van der Waals surface area contributed by atoms with Gasteiger partial charge >= 0.3 is 0 Å². The molecule has 0 saturated heterocycles. The Hall–Kier alpha value is -0.266. The van der Waals surface area contributed by atoms with Crippen LogP contribution < -0.4 is 0 Å². The first-order valence-corrected chi connectivity index (χ1v) is 17.1. The van der Waals surface area contributed by atoms with Gasteiger partial charge in [-0.05, 0) is 18.1 Å². The Labute approximate surface area is 162 Å². The van der Waals surface area contributed by atoms with Gasteiger partial charge in [0, 0.05) is 9.94 Å². The quantitative estimate of drug-likeness (QED) is 0.359. The van der Waals surface area contributed by atoms with Crippen LogP contribution in [0.25, 0.3) is 0 Å². The van der Waals surface area contributed by atoms with Gasteiger partial charge in [-0.3, -0.25) is 4.55 Å². The maximum Gasteiger partial charge on any atom is 0.286 e. The summed E-state index contributed by atoms with van der Waals surface area (Å²) in [5, 5.41) is 0.885. The molecule has 0 bridgehead atoms. The van der Waals surface area contributed by atoms with Gasteiger partial charge in [-0.15, -0.1) is 0 Å². The fraction of sp³-hybridized carbons (Fsp3) is 0.750. The topological polar surface area (TPSA) is 97.7 Å². The van der Waals surface area contributed by atoms with Crippen LogP contribution >= 0.6 is 0 Å². The molecule has 0 saturated carbocycles. The molecule has 0 unspecified atom stereocenters. The second-order valence-corrected chi connectivity index (χ2v) is 19.8. The van der Waals surface area contributed by atoms with Crippen LogP contribution in [0.4, 0.5) is 0 Å². The number of hydrogen-bond donors (Lipinski definition) is 1. The molecule has 0 rings (SSSR count). The number of hydrogen-bond acceptors (Lipinski definition) is 5. The van der Waals surface area contributed by atoms with Gasteiger partial charge in [-0.2, -0.15) is 16.8 Å². The monoisotopic (exact) mass is 444 g/mol. The molecule has 0 radical (unpaired) electrons. The summed E-state index contributed by atoms with van der Waals surface area (Å²) in [6.45, 7) is 18.6. The molecule has 0 aliphatic rings. The van der Waals surface area contributed by atoms with Crippen LogP contribution in [0, 0.1) is 0 Å². The van der Waals surface area contributed by atoms with Crippen molar-refractivity contribution in [3.63, 3.8) is 0 Å². The van der Waals surface area contributed by atoms with Crippen molar-refractivity contribution in [2.45, 2.75) is 77.8 Å². The summed E-state index contributed by atoms with van der Waals surface area (Å²) < 4.78 is 58.5. The second kappa shape index (κ2) is 11.5. The van der Waals surface area contributed by atoms with E-state index in [4.69, 9.17) is 8.42 Å². The molecule has 0 aliphatic carbocycles. The molecule has 6 nitrogen and oxygen atoms in total. The Morgan fingerprint density at radius 1 is 0.885 bits per heavy atom. The zero-order valence-corrected chi connectivity index (χ0v) is 20.7. The largest absolute Gasteiger partial charge is 0.312 e. The van der Waals surface area contributed by atoms with Crippen molar-refractivity contribution in [3.05, 3.63) is 23.1 Å². The SMILES string of the molecule is C=C([Si](CC)(CC)CC)S(=O)(=O)O.C=CS(=O)(=O)O[Si](CC)(CC)CC. The van der Waals surface area contributed by atoms with Crippen LogP contribution in [-0.4, -0.2) is 37.8 Å². The number of rotatable bonds is 11. The summed E-state index contributed by atoms with van der Waals surface area (Å²) in [7, 11) is -11.5. The first-order valence-electron chi connectivity index (χ1n) is 9.04. The van der Waals surface area contributed by atoms with Crippen molar-refractivity contribution in [1.29, 1.82) is 0 Å². The average Bonchev–Trinajstić information content (AvgIpc) is 2.61. The van der Waals surface area contributed by atoms with E-state index in [-0.39, 0.29) is 4.53 Å². The van der Waals surface area contributed by atoms with E-state index in [9.17, 15) is 16.8 Å². The van der Waals surface area contributed by atoms with Gasteiger partial charge < -0.3 is 3.87 Å². The first-order chi connectivity index (χ1) is 11.8. The third kappa shape index (κ3) is 8.18. The molecule has 0 fully saturated rings. The van der Waals surface area contributed by atoms with E-state index < -0.39 is 36.6 Å². The summed E-state index contributed by atoms with van der Waals surface area (Å²) in [6.07, 6.45) is 0. The molecule has 0 aromatic heterocycles. The van der Waals surface area contributed by atoms with E-state index in [1.807, 2.05) is 41.5 Å². The van der Waals surface area contributed by atoms with Gasteiger partial charge in [0.15, 0.2) is 0 Å². The van der Waals surface area contributed by atoms with Crippen molar-refractivity contribution < 1.29 is 25.3 Å². The fourth-order valence-electron chi connectivity index (χ4n) is 2.82. The van der Waals surface area contributed by atoms with Crippen LogP contribution in [0.3, 0.4) is 0 Å². The van der Waals surface area contributed by atoms with Gasteiger partial charge in [-0.1, -0.05) is 72.8 Å². The highest BCUT2D eigenvalue weighted by Gasteiger charge is 2.36. The maximum atomic E-state index is 11.2. The van der Waals surface area contributed by atoms with E-state index >= 15 is 0 Å². The summed E-state index contributed by atoms with van der Waals surface area (Å²) in [4.78, 5) is 0. The molecular weight excluding hydrogens is 408 g/mol. The van der Waals surface area contributed by atoms with Crippen molar-refractivity contribution >= 4 is 36.6 Å².